The van der Waals surface area contributed by atoms with Crippen LogP contribution in [0.3, 0.4) is 0 Å². The number of nitrogens with zero attached hydrogens (tertiary/aromatic N) is 2. The van der Waals surface area contributed by atoms with Crippen molar-refractivity contribution in [1.29, 1.82) is 0 Å². The second-order valence-electron chi connectivity index (χ2n) is 5.94. The van der Waals surface area contributed by atoms with Crippen molar-refractivity contribution in [2.75, 3.05) is 26.1 Å². The summed E-state index contributed by atoms with van der Waals surface area (Å²) < 4.78 is 16.0. The van der Waals surface area contributed by atoms with E-state index >= 15 is 0 Å². The van der Waals surface area contributed by atoms with Crippen LogP contribution in [0, 0.1) is 0 Å². The van der Waals surface area contributed by atoms with Crippen molar-refractivity contribution in [2.45, 2.75) is 13.5 Å². The number of hydrogen-bond donors (Lipinski definition) is 2. The van der Waals surface area contributed by atoms with E-state index in [-0.39, 0.29) is 24.0 Å². The zero-order chi connectivity index (χ0) is 19.8. The number of halogens is 1. The number of rotatable bonds is 7. The van der Waals surface area contributed by atoms with Crippen LogP contribution in [-0.2, 0) is 6.54 Å². The standard InChI is InChI=1S/C21H24N4O3.HI/c1-4-22-21(24-16-10-11-18(26-2)20(12-16)27-3)23-14-17-13-19(28-25-17)15-8-6-5-7-9-15;/h5-13H,4,14H2,1-3H3,(H2,22,23,24);1H. The predicted octanol–water partition coefficient (Wildman–Crippen LogP) is 4.55. The molecule has 1 aromatic heterocycles. The van der Waals surface area contributed by atoms with Gasteiger partial charge in [0.25, 0.3) is 0 Å². The minimum Gasteiger partial charge on any atom is -0.493 e. The molecular formula is C21H25IN4O3. The molecular weight excluding hydrogens is 483 g/mol. The van der Waals surface area contributed by atoms with Crippen LogP contribution in [0.1, 0.15) is 12.6 Å². The number of methoxy groups -OCH3 is 2. The molecule has 0 spiro atoms. The number of guanidine groups is 1. The van der Waals surface area contributed by atoms with Crippen molar-refractivity contribution in [2.24, 2.45) is 4.99 Å². The Balaban J connectivity index is 0.00000300. The highest BCUT2D eigenvalue weighted by molar-refractivity contribution is 14.0. The lowest BCUT2D eigenvalue weighted by Gasteiger charge is -2.13. The Kier molecular flexibility index (Phi) is 8.78. The summed E-state index contributed by atoms with van der Waals surface area (Å²) in [6.45, 7) is 3.13. The minimum absolute atomic E-state index is 0. The van der Waals surface area contributed by atoms with Crippen LogP contribution < -0.4 is 20.1 Å². The van der Waals surface area contributed by atoms with Gasteiger partial charge in [-0.15, -0.1) is 24.0 Å². The van der Waals surface area contributed by atoms with E-state index in [1.807, 2.05) is 61.5 Å². The third kappa shape index (κ3) is 6.11. The summed E-state index contributed by atoms with van der Waals surface area (Å²) in [5.74, 6) is 2.68. The summed E-state index contributed by atoms with van der Waals surface area (Å²) in [4.78, 5) is 4.58. The first kappa shape index (κ1) is 22.5. The number of nitrogens with one attached hydrogen (secondary N) is 2. The SMILES string of the molecule is CCNC(=NCc1cc(-c2ccccc2)on1)Nc1ccc(OC)c(OC)c1.I. The van der Waals surface area contributed by atoms with Gasteiger partial charge in [0.2, 0.25) is 0 Å². The smallest absolute Gasteiger partial charge is 0.196 e. The second kappa shape index (κ2) is 11.3. The highest BCUT2D eigenvalue weighted by Crippen LogP contribution is 2.29. The molecule has 29 heavy (non-hydrogen) atoms. The molecule has 0 bridgehead atoms. The molecule has 8 heteroatoms. The van der Waals surface area contributed by atoms with Crippen LogP contribution >= 0.6 is 24.0 Å². The van der Waals surface area contributed by atoms with Crippen molar-refractivity contribution in [1.82, 2.24) is 10.5 Å². The molecule has 2 aromatic carbocycles. The lowest BCUT2D eigenvalue weighted by atomic mass is 10.2. The Morgan fingerprint density at radius 3 is 2.48 bits per heavy atom. The molecule has 0 unspecified atom stereocenters. The summed E-state index contributed by atoms with van der Waals surface area (Å²) in [6, 6.07) is 17.4. The molecule has 0 aliphatic heterocycles. The second-order valence-corrected chi connectivity index (χ2v) is 5.94. The number of aromatic nitrogens is 1. The predicted molar refractivity (Wildman–Crippen MR) is 125 cm³/mol. The Labute approximate surface area is 187 Å². The molecule has 0 aliphatic rings. The monoisotopic (exact) mass is 508 g/mol. The fourth-order valence-corrected chi connectivity index (χ4v) is 2.64. The number of anilines is 1. The minimum atomic E-state index is 0. The quantitative estimate of drug-likeness (QED) is 0.277. The fourth-order valence-electron chi connectivity index (χ4n) is 2.64. The van der Waals surface area contributed by atoms with Crippen LogP contribution in [0.15, 0.2) is 64.1 Å². The molecule has 0 saturated carbocycles. The number of aliphatic imine (C=N–C) groups is 1. The summed E-state index contributed by atoms with van der Waals surface area (Å²) in [5, 5.41) is 10.6. The molecule has 3 rings (SSSR count). The molecule has 3 aromatic rings. The maximum Gasteiger partial charge on any atom is 0.196 e. The average molecular weight is 508 g/mol. The van der Waals surface area contributed by atoms with Gasteiger partial charge in [0.05, 0.1) is 20.8 Å². The van der Waals surface area contributed by atoms with E-state index in [4.69, 9.17) is 14.0 Å². The topological polar surface area (TPSA) is 80.9 Å². The first-order valence-corrected chi connectivity index (χ1v) is 9.02. The van der Waals surface area contributed by atoms with E-state index in [1.54, 1.807) is 14.2 Å². The van der Waals surface area contributed by atoms with Gasteiger partial charge in [0.15, 0.2) is 23.2 Å². The van der Waals surface area contributed by atoms with Gasteiger partial charge in [-0.25, -0.2) is 4.99 Å². The molecule has 0 amide bonds. The van der Waals surface area contributed by atoms with Gasteiger partial charge in [0, 0.05) is 29.9 Å². The normalized spacial score (nSPS) is 10.8. The number of benzene rings is 2. The fraction of sp³-hybridized carbons (Fsp3) is 0.238. The van der Waals surface area contributed by atoms with Crippen LogP contribution in [-0.4, -0.2) is 31.9 Å². The first-order valence-electron chi connectivity index (χ1n) is 9.02. The highest BCUT2D eigenvalue weighted by atomic mass is 127. The third-order valence-electron chi connectivity index (χ3n) is 4.01. The molecule has 0 fully saturated rings. The lowest BCUT2D eigenvalue weighted by Crippen LogP contribution is -2.30. The van der Waals surface area contributed by atoms with Crippen molar-refractivity contribution in [3.63, 3.8) is 0 Å². The Bertz CT molecular complexity index is 929. The average Bonchev–Trinajstić information content (AvgIpc) is 3.22. The van der Waals surface area contributed by atoms with E-state index in [9.17, 15) is 0 Å². The van der Waals surface area contributed by atoms with E-state index in [2.05, 4.69) is 20.8 Å². The van der Waals surface area contributed by atoms with Crippen molar-refractivity contribution in [3.05, 3.63) is 60.3 Å². The summed E-state index contributed by atoms with van der Waals surface area (Å²) in [7, 11) is 3.22. The summed E-state index contributed by atoms with van der Waals surface area (Å²) in [5.41, 5.74) is 2.58. The van der Waals surface area contributed by atoms with Gasteiger partial charge in [0.1, 0.15) is 5.69 Å². The van der Waals surface area contributed by atoms with E-state index in [1.165, 1.54) is 0 Å². The zero-order valence-electron chi connectivity index (χ0n) is 16.6. The molecule has 2 N–H and O–H groups in total. The third-order valence-corrected chi connectivity index (χ3v) is 4.01. The van der Waals surface area contributed by atoms with Gasteiger partial charge in [-0.2, -0.15) is 0 Å². The van der Waals surface area contributed by atoms with Gasteiger partial charge < -0.3 is 24.6 Å². The molecule has 0 radical (unpaired) electrons. The number of hydrogen-bond acceptors (Lipinski definition) is 5. The zero-order valence-corrected chi connectivity index (χ0v) is 19.0. The van der Waals surface area contributed by atoms with Gasteiger partial charge in [-0.05, 0) is 19.1 Å². The maximum atomic E-state index is 5.43. The molecule has 0 atom stereocenters. The van der Waals surface area contributed by atoms with E-state index in [0.717, 1.165) is 29.2 Å². The highest BCUT2D eigenvalue weighted by Gasteiger charge is 2.08. The number of ether oxygens (including phenoxy) is 2. The molecule has 7 nitrogen and oxygen atoms in total. The summed E-state index contributed by atoms with van der Waals surface area (Å²) >= 11 is 0. The molecule has 1 heterocycles. The maximum absolute atomic E-state index is 5.43. The van der Waals surface area contributed by atoms with Crippen LogP contribution in [0.25, 0.3) is 11.3 Å². The molecule has 0 saturated heterocycles. The van der Waals surface area contributed by atoms with Gasteiger partial charge in [-0.3, -0.25) is 0 Å². The Hall–Kier alpha value is -2.75. The Morgan fingerprint density at radius 1 is 1.03 bits per heavy atom. The van der Waals surface area contributed by atoms with Crippen molar-refractivity contribution < 1.29 is 14.0 Å². The van der Waals surface area contributed by atoms with Crippen LogP contribution in [0.2, 0.25) is 0 Å². The van der Waals surface area contributed by atoms with E-state index < -0.39 is 0 Å². The summed E-state index contributed by atoms with van der Waals surface area (Å²) in [6.07, 6.45) is 0. The molecule has 154 valence electrons. The van der Waals surface area contributed by atoms with E-state index in [0.29, 0.717) is 24.0 Å². The largest absolute Gasteiger partial charge is 0.493 e. The van der Waals surface area contributed by atoms with Crippen molar-refractivity contribution >= 4 is 35.6 Å². The van der Waals surface area contributed by atoms with Gasteiger partial charge >= 0.3 is 0 Å². The van der Waals surface area contributed by atoms with Crippen LogP contribution in [0.5, 0.6) is 11.5 Å². The van der Waals surface area contributed by atoms with Crippen molar-refractivity contribution in [3.8, 4) is 22.8 Å². The van der Waals surface area contributed by atoms with Crippen LogP contribution in [0.4, 0.5) is 5.69 Å². The first-order chi connectivity index (χ1) is 13.7. The molecule has 0 aliphatic carbocycles. The van der Waals surface area contributed by atoms with Gasteiger partial charge in [-0.1, -0.05) is 35.5 Å². The Morgan fingerprint density at radius 2 is 1.79 bits per heavy atom. The lowest BCUT2D eigenvalue weighted by molar-refractivity contribution is 0.355.